The number of ether oxygens (including phenoxy) is 2. The molecule has 0 aliphatic heterocycles. The van der Waals surface area contributed by atoms with E-state index in [1.165, 1.54) is 30.3 Å². The molecule has 0 aromatic heterocycles. The van der Waals surface area contributed by atoms with Crippen LogP contribution in [0.25, 0.3) is 0 Å². The Morgan fingerprint density at radius 3 is 1.77 bits per heavy atom. The fourth-order valence-corrected chi connectivity index (χ4v) is 2.25. The Bertz CT molecular complexity index is 852. The quantitative estimate of drug-likeness (QED) is 0.483. The Kier molecular flexibility index (Phi) is 4.84. The first kappa shape index (κ1) is 17.8. The molecule has 134 valence electrons. The number of rotatable bonds is 6. The van der Waals surface area contributed by atoms with Gasteiger partial charge in [0.2, 0.25) is 0 Å². The van der Waals surface area contributed by atoms with E-state index in [-0.39, 0.29) is 5.75 Å². The molecule has 2 nitrogen and oxygen atoms in total. The van der Waals surface area contributed by atoms with Gasteiger partial charge >= 0.3 is 12.0 Å². The summed E-state index contributed by atoms with van der Waals surface area (Å²) in [6.45, 7) is 0. The normalized spacial score (nSPS) is 11.8. The first-order valence-corrected chi connectivity index (χ1v) is 7.72. The summed E-state index contributed by atoms with van der Waals surface area (Å²) >= 11 is 0. The molecule has 0 heterocycles. The number of para-hydroxylation sites is 1. The molecule has 0 amide bonds. The second-order valence-electron chi connectivity index (χ2n) is 5.45. The van der Waals surface area contributed by atoms with Gasteiger partial charge in [-0.3, -0.25) is 0 Å². The molecule has 0 bridgehead atoms. The van der Waals surface area contributed by atoms with Crippen molar-refractivity contribution in [3.05, 3.63) is 90.5 Å². The fraction of sp³-hybridized carbons (Fsp3) is 0.100. The molecule has 0 saturated carbocycles. The van der Waals surface area contributed by atoms with Gasteiger partial charge in [0.1, 0.15) is 17.2 Å². The van der Waals surface area contributed by atoms with E-state index in [1.807, 2.05) is 0 Å². The number of halogens is 4. The average molecular weight is 362 g/mol. The van der Waals surface area contributed by atoms with Crippen LogP contribution in [0.4, 0.5) is 17.6 Å². The van der Waals surface area contributed by atoms with Crippen molar-refractivity contribution in [1.82, 2.24) is 0 Å². The number of hydrogen-bond donors (Lipinski definition) is 0. The maximum atomic E-state index is 14.2. The first-order valence-electron chi connectivity index (χ1n) is 7.72. The fourth-order valence-electron chi connectivity index (χ4n) is 2.25. The predicted molar refractivity (Wildman–Crippen MR) is 88.9 cm³/mol. The molecule has 0 aliphatic carbocycles. The van der Waals surface area contributed by atoms with Crippen LogP contribution in [0.5, 0.6) is 17.2 Å². The topological polar surface area (TPSA) is 18.5 Å². The number of alkyl halides is 4. The molecular formula is C20H14F4O2. The second-order valence-corrected chi connectivity index (χ2v) is 5.45. The van der Waals surface area contributed by atoms with Crippen LogP contribution in [0.3, 0.4) is 0 Å². The Labute approximate surface area is 147 Å². The van der Waals surface area contributed by atoms with Gasteiger partial charge in [-0.05, 0) is 24.3 Å². The SMILES string of the molecule is FC(F)(Oc1cccc(Oc2ccccc2)c1)C(F)(F)c1ccccc1. The van der Waals surface area contributed by atoms with Gasteiger partial charge in [0.15, 0.2) is 0 Å². The maximum Gasteiger partial charge on any atom is 0.469 e. The van der Waals surface area contributed by atoms with Gasteiger partial charge in [0.05, 0.1) is 0 Å². The Balaban J connectivity index is 1.80. The van der Waals surface area contributed by atoms with Gasteiger partial charge in [-0.1, -0.05) is 54.6 Å². The third-order valence-corrected chi connectivity index (χ3v) is 3.53. The zero-order valence-electron chi connectivity index (χ0n) is 13.4. The molecule has 0 saturated heterocycles. The minimum Gasteiger partial charge on any atom is -0.457 e. The lowest BCUT2D eigenvalue weighted by molar-refractivity contribution is -0.316. The number of hydrogen-bond acceptors (Lipinski definition) is 2. The predicted octanol–water partition coefficient (Wildman–Crippen LogP) is 6.24. The van der Waals surface area contributed by atoms with E-state index < -0.39 is 23.3 Å². The van der Waals surface area contributed by atoms with Crippen LogP contribution >= 0.6 is 0 Å². The van der Waals surface area contributed by atoms with E-state index in [4.69, 9.17) is 4.74 Å². The van der Waals surface area contributed by atoms with Crippen molar-refractivity contribution in [2.45, 2.75) is 12.0 Å². The second kappa shape index (κ2) is 7.07. The van der Waals surface area contributed by atoms with Gasteiger partial charge in [-0.25, -0.2) is 0 Å². The molecule has 3 aromatic rings. The molecule has 0 atom stereocenters. The molecule has 3 aromatic carbocycles. The maximum absolute atomic E-state index is 14.2. The number of benzene rings is 3. The van der Waals surface area contributed by atoms with E-state index in [1.54, 1.807) is 30.3 Å². The summed E-state index contributed by atoms with van der Waals surface area (Å²) in [5, 5.41) is 0. The smallest absolute Gasteiger partial charge is 0.457 e. The molecular weight excluding hydrogens is 348 g/mol. The van der Waals surface area contributed by atoms with Crippen molar-refractivity contribution in [1.29, 1.82) is 0 Å². The summed E-state index contributed by atoms with van der Waals surface area (Å²) in [6, 6.07) is 19.6. The van der Waals surface area contributed by atoms with Crippen LogP contribution in [0.2, 0.25) is 0 Å². The van der Waals surface area contributed by atoms with E-state index in [0.29, 0.717) is 5.75 Å². The molecule has 0 aliphatic rings. The summed E-state index contributed by atoms with van der Waals surface area (Å²) in [7, 11) is 0. The lowest BCUT2D eigenvalue weighted by atomic mass is 10.1. The van der Waals surface area contributed by atoms with Gasteiger partial charge in [0.25, 0.3) is 0 Å². The standard InChI is InChI=1S/C20H14F4O2/c21-19(22,15-8-3-1-4-9-15)20(23,24)26-18-13-7-12-17(14-18)25-16-10-5-2-6-11-16/h1-14H. The summed E-state index contributed by atoms with van der Waals surface area (Å²) in [6.07, 6.45) is -4.74. The third kappa shape index (κ3) is 3.79. The zero-order valence-corrected chi connectivity index (χ0v) is 13.4. The lowest BCUT2D eigenvalue weighted by Gasteiger charge is -2.26. The third-order valence-electron chi connectivity index (χ3n) is 3.53. The highest BCUT2D eigenvalue weighted by Gasteiger charge is 2.60. The molecule has 0 spiro atoms. The Morgan fingerprint density at radius 1 is 0.577 bits per heavy atom. The van der Waals surface area contributed by atoms with Crippen LogP contribution in [0.1, 0.15) is 5.56 Å². The highest BCUT2D eigenvalue weighted by Crippen LogP contribution is 2.44. The minimum atomic E-state index is -4.74. The summed E-state index contributed by atoms with van der Waals surface area (Å²) < 4.78 is 66.4. The van der Waals surface area contributed by atoms with Crippen LogP contribution in [-0.2, 0) is 5.92 Å². The molecule has 0 fully saturated rings. The molecule has 0 unspecified atom stereocenters. The molecule has 0 N–H and O–H groups in total. The van der Waals surface area contributed by atoms with Crippen molar-refractivity contribution in [3.8, 4) is 17.2 Å². The zero-order chi connectivity index (χ0) is 18.6. The molecule has 3 rings (SSSR count). The van der Waals surface area contributed by atoms with E-state index >= 15 is 0 Å². The molecule has 26 heavy (non-hydrogen) atoms. The van der Waals surface area contributed by atoms with Crippen LogP contribution in [0, 0.1) is 0 Å². The summed E-state index contributed by atoms with van der Waals surface area (Å²) in [4.78, 5) is 0. The van der Waals surface area contributed by atoms with Crippen molar-refractivity contribution >= 4 is 0 Å². The van der Waals surface area contributed by atoms with Crippen molar-refractivity contribution in [3.63, 3.8) is 0 Å². The van der Waals surface area contributed by atoms with Crippen molar-refractivity contribution < 1.29 is 27.0 Å². The first-order chi connectivity index (χ1) is 12.4. The Morgan fingerprint density at radius 2 is 1.12 bits per heavy atom. The monoisotopic (exact) mass is 362 g/mol. The van der Waals surface area contributed by atoms with Crippen molar-refractivity contribution in [2.24, 2.45) is 0 Å². The summed E-state index contributed by atoms with van der Waals surface area (Å²) in [5.41, 5.74) is -0.832. The van der Waals surface area contributed by atoms with Gasteiger partial charge in [-0.15, -0.1) is 0 Å². The van der Waals surface area contributed by atoms with Gasteiger partial charge in [0, 0.05) is 11.6 Å². The highest BCUT2D eigenvalue weighted by atomic mass is 19.3. The van der Waals surface area contributed by atoms with E-state index in [9.17, 15) is 17.6 Å². The molecule has 0 radical (unpaired) electrons. The minimum absolute atomic E-state index is 0.188. The lowest BCUT2D eigenvalue weighted by Crippen LogP contribution is -2.43. The Hall–Kier alpha value is -3.02. The molecule has 6 heteroatoms. The van der Waals surface area contributed by atoms with Crippen LogP contribution in [-0.4, -0.2) is 6.11 Å². The van der Waals surface area contributed by atoms with E-state index in [2.05, 4.69) is 4.74 Å². The summed E-state index contributed by atoms with van der Waals surface area (Å²) in [5.74, 6) is -4.26. The van der Waals surface area contributed by atoms with E-state index in [0.717, 1.165) is 24.3 Å². The van der Waals surface area contributed by atoms with Gasteiger partial charge in [-0.2, -0.15) is 17.6 Å². The van der Waals surface area contributed by atoms with Crippen LogP contribution < -0.4 is 9.47 Å². The van der Waals surface area contributed by atoms with Crippen molar-refractivity contribution in [2.75, 3.05) is 0 Å². The van der Waals surface area contributed by atoms with Gasteiger partial charge < -0.3 is 9.47 Å². The van der Waals surface area contributed by atoms with Crippen LogP contribution in [0.15, 0.2) is 84.9 Å². The largest absolute Gasteiger partial charge is 0.469 e. The highest BCUT2D eigenvalue weighted by molar-refractivity contribution is 5.37. The average Bonchev–Trinajstić information content (AvgIpc) is 2.63.